The summed E-state index contributed by atoms with van der Waals surface area (Å²) in [5.41, 5.74) is 5.72. The smallest absolute Gasteiger partial charge is 0.218 e. The first-order valence-corrected chi connectivity index (χ1v) is 6.21. The Bertz CT molecular complexity index is 319. The minimum Gasteiger partial charge on any atom is -0.478 e. The molecule has 5 heteroatoms. The van der Waals surface area contributed by atoms with Crippen LogP contribution in [0.3, 0.4) is 0 Å². The zero-order chi connectivity index (χ0) is 12.5. The second kappa shape index (κ2) is 7.84. The molecular formula is C12H22N4O. The van der Waals surface area contributed by atoms with E-state index in [4.69, 9.17) is 10.5 Å². The van der Waals surface area contributed by atoms with Gasteiger partial charge in [-0.2, -0.15) is 0 Å². The van der Waals surface area contributed by atoms with Crippen molar-refractivity contribution in [2.24, 2.45) is 5.73 Å². The molecule has 0 spiro atoms. The lowest BCUT2D eigenvalue weighted by Gasteiger charge is -2.17. The summed E-state index contributed by atoms with van der Waals surface area (Å²) in [6, 6.07) is 2.07. The van der Waals surface area contributed by atoms with Crippen molar-refractivity contribution in [2.45, 2.75) is 39.2 Å². The maximum absolute atomic E-state index is 5.72. The van der Waals surface area contributed by atoms with Crippen LogP contribution in [0.1, 0.15) is 33.1 Å². The Labute approximate surface area is 103 Å². The van der Waals surface area contributed by atoms with E-state index in [0.717, 1.165) is 18.7 Å². The lowest BCUT2D eigenvalue weighted by Crippen LogP contribution is -2.29. The van der Waals surface area contributed by atoms with Crippen molar-refractivity contribution < 1.29 is 4.74 Å². The average Bonchev–Trinajstić information content (AvgIpc) is 2.35. The van der Waals surface area contributed by atoms with Crippen LogP contribution in [0.5, 0.6) is 5.88 Å². The first-order chi connectivity index (χ1) is 8.30. The highest BCUT2D eigenvalue weighted by Crippen LogP contribution is 2.13. The summed E-state index contributed by atoms with van der Waals surface area (Å²) >= 11 is 0. The van der Waals surface area contributed by atoms with Gasteiger partial charge in [-0.05, 0) is 13.3 Å². The molecule has 0 saturated carbocycles. The van der Waals surface area contributed by atoms with Crippen LogP contribution in [0.2, 0.25) is 0 Å². The van der Waals surface area contributed by atoms with Crippen LogP contribution in [-0.2, 0) is 0 Å². The zero-order valence-corrected chi connectivity index (χ0v) is 10.6. The third kappa shape index (κ3) is 4.99. The molecule has 0 aliphatic carbocycles. The molecule has 0 amide bonds. The summed E-state index contributed by atoms with van der Waals surface area (Å²) in [7, 11) is 0. The number of nitrogens with zero attached hydrogens (tertiary/aromatic N) is 2. The van der Waals surface area contributed by atoms with Gasteiger partial charge in [0.15, 0.2) is 0 Å². The maximum Gasteiger partial charge on any atom is 0.218 e. The van der Waals surface area contributed by atoms with E-state index >= 15 is 0 Å². The lowest BCUT2D eigenvalue weighted by atomic mass is 10.1. The second-order valence-electron chi connectivity index (χ2n) is 3.89. The minimum absolute atomic E-state index is 0.263. The van der Waals surface area contributed by atoms with Crippen molar-refractivity contribution in [1.29, 1.82) is 0 Å². The summed E-state index contributed by atoms with van der Waals surface area (Å²) in [6.45, 7) is 5.31. The maximum atomic E-state index is 5.72. The molecule has 1 aromatic heterocycles. The van der Waals surface area contributed by atoms with Crippen LogP contribution < -0.4 is 15.8 Å². The van der Waals surface area contributed by atoms with E-state index in [1.807, 2.05) is 6.92 Å². The molecule has 0 radical (unpaired) electrons. The topological polar surface area (TPSA) is 73.1 Å². The molecule has 0 aromatic carbocycles. The van der Waals surface area contributed by atoms with Crippen molar-refractivity contribution >= 4 is 5.82 Å². The fraction of sp³-hybridized carbons (Fsp3) is 0.667. The molecule has 3 N–H and O–H groups in total. The van der Waals surface area contributed by atoms with Gasteiger partial charge in [0.05, 0.1) is 6.61 Å². The Kier molecular flexibility index (Phi) is 6.32. The van der Waals surface area contributed by atoms with E-state index in [9.17, 15) is 0 Å². The molecule has 96 valence electrons. The molecular weight excluding hydrogens is 216 g/mol. The van der Waals surface area contributed by atoms with Crippen LogP contribution in [0.25, 0.3) is 0 Å². The summed E-state index contributed by atoms with van der Waals surface area (Å²) in [5, 5.41) is 3.31. The van der Waals surface area contributed by atoms with Gasteiger partial charge < -0.3 is 15.8 Å². The summed E-state index contributed by atoms with van der Waals surface area (Å²) in [6.07, 6.45) is 4.89. The van der Waals surface area contributed by atoms with Crippen LogP contribution >= 0.6 is 0 Å². The molecule has 0 saturated heterocycles. The highest BCUT2D eigenvalue weighted by atomic mass is 16.5. The fourth-order valence-electron chi connectivity index (χ4n) is 1.55. The second-order valence-corrected chi connectivity index (χ2v) is 3.89. The van der Waals surface area contributed by atoms with Gasteiger partial charge in [-0.3, -0.25) is 0 Å². The van der Waals surface area contributed by atoms with Gasteiger partial charge in [0.25, 0.3) is 0 Å². The molecule has 1 unspecified atom stereocenters. The summed E-state index contributed by atoms with van der Waals surface area (Å²) < 4.78 is 5.32. The third-order valence-corrected chi connectivity index (χ3v) is 2.48. The third-order valence-electron chi connectivity index (χ3n) is 2.48. The van der Waals surface area contributed by atoms with Crippen LogP contribution in [-0.4, -0.2) is 29.2 Å². The Morgan fingerprint density at radius 3 is 2.88 bits per heavy atom. The Balaban J connectivity index is 2.55. The average molecular weight is 238 g/mol. The standard InChI is InChI=1S/C12H22N4O/c1-3-5-6-10(8-13)16-11-7-12(17-4-2)15-9-14-11/h7,9-10H,3-6,8,13H2,1-2H3,(H,14,15,16). The van der Waals surface area contributed by atoms with E-state index < -0.39 is 0 Å². The van der Waals surface area contributed by atoms with Gasteiger partial charge in [0, 0.05) is 18.7 Å². The van der Waals surface area contributed by atoms with Crippen molar-refractivity contribution in [2.75, 3.05) is 18.5 Å². The Hall–Kier alpha value is -1.36. The van der Waals surface area contributed by atoms with Gasteiger partial charge in [0.1, 0.15) is 12.1 Å². The highest BCUT2D eigenvalue weighted by molar-refractivity contribution is 5.38. The molecule has 0 fully saturated rings. The summed E-state index contributed by atoms with van der Waals surface area (Å²) in [4.78, 5) is 8.18. The van der Waals surface area contributed by atoms with E-state index in [1.165, 1.54) is 12.7 Å². The Morgan fingerprint density at radius 2 is 2.24 bits per heavy atom. The summed E-state index contributed by atoms with van der Waals surface area (Å²) in [5.74, 6) is 1.37. The van der Waals surface area contributed by atoms with Gasteiger partial charge in [-0.25, -0.2) is 9.97 Å². The van der Waals surface area contributed by atoms with Crippen molar-refractivity contribution in [3.63, 3.8) is 0 Å². The fourth-order valence-corrected chi connectivity index (χ4v) is 1.55. The molecule has 5 nitrogen and oxygen atoms in total. The number of ether oxygens (including phenoxy) is 1. The van der Waals surface area contributed by atoms with Crippen molar-refractivity contribution in [3.05, 3.63) is 12.4 Å². The number of nitrogens with one attached hydrogen (secondary N) is 1. The molecule has 1 aromatic rings. The largest absolute Gasteiger partial charge is 0.478 e. The number of aromatic nitrogens is 2. The zero-order valence-electron chi connectivity index (χ0n) is 10.6. The number of unbranched alkanes of at least 4 members (excludes halogenated alkanes) is 1. The monoisotopic (exact) mass is 238 g/mol. The Morgan fingerprint density at radius 1 is 1.41 bits per heavy atom. The normalized spacial score (nSPS) is 12.2. The van der Waals surface area contributed by atoms with Gasteiger partial charge >= 0.3 is 0 Å². The number of rotatable bonds is 8. The van der Waals surface area contributed by atoms with E-state index in [1.54, 1.807) is 6.07 Å². The van der Waals surface area contributed by atoms with Crippen molar-refractivity contribution in [1.82, 2.24) is 9.97 Å². The molecule has 0 aliphatic heterocycles. The van der Waals surface area contributed by atoms with Gasteiger partial charge in [-0.15, -0.1) is 0 Å². The van der Waals surface area contributed by atoms with Gasteiger partial charge in [-0.1, -0.05) is 19.8 Å². The quantitative estimate of drug-likeness (QED) is 0.722. The first kappa shape index (κ1) is 13.7. The predicted octanol–water partition coefficient (Wildman–Crippen LogP) is 1.80. The highest BCUT2D eigenvalue weighted by Gasteiger charge is 2.07. The van der Waals surface area contributed by atoms with Crippen molar-refractivity contribution in [3.8, 4) is 5.88 Å². The van der Waals surface area contributed by atoms with Crippen LogP contribution in [0.15, 0.2) is 12.4 Å². The SMILES string of the molecule is CCCCC(CN)Nc1cc(OCC)ncn1. The number of hydrogen-bond donors (Lipinski definition) is 2. The number of hydrogen-bond acceptors (Lipinski definition) is 5. The van der Waals surface area contributed by atoms with E-state index in [-0.39, 0.29) is 6.04 Å². The minimum atomic E-state index is 0.263. The molecule has 0 bridgehead atoms. The molecule has 0 aliphatic rings. The molecule has 1 heterocycles. The van der Waals surface area contributed by atoms with Crippen LogP contribution in [0.4, 0.5) is 5.82 Å². The molecule has 1 atom stereocenters. The van der Waals surface area contributed by atoms with E-state index in [0.29, 0.717) is 19.0 Å². The molecule has 1 rings (SSSR count). The number of nitrogens with two attached hydrogens (primary N) is 1. The lowest BCUT2D eigenvalue weighted by molar-refractivity contribution is 0.326. The number of anilines is 1. The first-order valence-electron chi connectivity index (χ1n) is 6.21. The van der Waals surface area contributed by atoms with Crippen LogP contribution in [0, 0.1) is 0 Å². The molecule has 17 heavy (non-hydrogen) atoms. The van der Waals surface area contributed by atoms with Gasteiger partial charge in [0.2, 0.25) is 5.88 Å². The predicted molar refractivity (Wildman–Crippen MR) is 69.2 cm³/mol. The van der Waals surface area contributed by atoms with E-state index in [2.05, 4.69) is 22.2 Å².